The average molecular weight is 544 g/mol. The quantitative estimate of drug-likeness (QED) is 0.378. The molecule has 0 aliphatic carbocycles. The molecule has 2 saturated heterocycles. The lowest BCUT2D eigenvalue weighted by molar-refractivity contribution is -0.0440. The van der Waals surface area contributed by atoms with Crippen molar-refractivity contribution in [1.82, 2.24) is 4.31 Å². The smallest absolute Gasteiger partial charge is 0.343 e. The Morgan fingerprint density at radius 3 is 2.38 bits per heavy atom. The summed E-state index contributed by atoms with van der Waals surface area (Å²) in [6.45, 7) is 4.05. The molecule has 2 aliphatic rings. The maximum Gasteiger partial charge on any atom is 0.343 e. The first-order valence-electron chi connectivity index (χ1n) is 10.8. The number of morpholine rings is 1. The molecule has 184 valence electrons. The Balaban J connectivity index is 1.57. The van der Waals surface area contributed by atoms with Crippen LogP contribution < -0.4 is 9.47 Å². The van der Waals surface area contributed by atoms with E-state index < -0.39 is 16.0 Å². The van der Waals surface area contributed by atoms with Gasteiger partial charge in [-0.3, -0.25) is 0 Å². The second-order valence-corrected chi connectivity index (χ2v) is 13.1. The first kappa shape index (κ1) is 25.7. The van der Waals surface area contributed by atoms with Crippen molar-refractivity contribution >= 4 is 51.1 Å². The maximum absolute atomic E-state index is 13.3. The molecule has 11 heteroatoms. The Morgan fingerprint density at radius 1 is 1.06 bits per heavy atom. The summed E-state index contributed by atoms with van der Waals surface area (Å²) in [5.74, 6) is 2.20. The van der Waals surface area contributed by atoms with Gasteiger partial charge in [0.05, 0.1) is 34.5 Å². The number of methoxy groups -OCH3 is 1. The molecule has 0 spiro atoms. The molecular formula is C23H26ClNO6S3. The van der Waals surface area contributed by atoms with Crippen LogP contribution in [0.5, 0.6) is 11.5 Å². The van der Waals surface area contributed by atoms with E-state index in [1.807, 2.05) is 49.5 Å². The van der Waals surface area contributed by atoms with Crippen LogP contribution in [0.3, 0.4) is 0 Å². The molecule has 2 heterocycles. The molecular weight excluding hydrogens is 518 g/mol. The molecule has 2 fully saturated rings. The van der Waals surface area contributed by atoms with E-state index in [1.54, 1.807) is 6.07 Å². The largest absolute Gasteiger partial charge is 0.493 e. The second-order valence-electron chi connectivity index (χ2n) is 8.10. The molecule has 0 aromatic heterocycles. The molecule has 0 bridgehead atoms. The van der Waals surface area contributed by atoms with E-state index in [9.17, 15) is 13.2 Å². The summed E-state index contributed by atoms with van der Waals surface area (Å²) in [5.41, 5.74) is 1.17. The number of ether oxygens (including phenoxy) is 3. The fourth-order valence-corrected chi connectivity index (χ4v) is 8.85. The number of carbonyl (C=O) groups is 1. The number of sulfonamides is 1. The molecule has 2 aliphatic heterocycles. The van der Waals surface area contributed by atoms with Crippen LogP contribution >= 0.6 is 35.1 Å². The van der Waals surface area contributed by atoms with Gasteiger partial charge < -0.3 is 14.2 Å². The van der Waals surface area contributed by atoms with E-state index in [0.29, 0.717) is 10.3 Å². The van der Waals surface area contributed by atoms with Gasteiger partial charge in [-0.2, -0.15) is 4.31 Å². The maximum atomic E-state index is 13.3. The predicted octanol–water partition coefficient (Wildman–Crippen LogP) is 4.84. The number of carbonyl (C=O) groups excluding carboxylic acids is 1. The Morgan fingerprint density at radius 2 is 1.74 bits per heavy atom. The summed E-state index contributed by atoms with van der Waals surface area (Å²) in [7, 11) is -2.41. The zero-order chi connectivity index (χ0) is 24.5. The van der Waals surface area contributed by atoms with Crippen molar-refractivity contribution in [1.29, 1.82) is 0 Å². The highest BCUT2D eigenvalue weighted by molar-refractivity contribution is 8.19. The van der Waals surface area contributed by atoms with Crippen LogP contribution in [0, 0.1) is 0 Å². The van der Waals surface area contributed by atoms with E-state index in [1.165, 1.54) is 29.6 Å². The molecule has 2 aromatic carbocycles. The molecule has 0 radical (unpaired) electrons. The van der Waals surface area contributed by atoms with Gasteiger partial charge in [-0.15, -0.1) is 23.5 Å². The summed E-state index contributed by atoms with van der Waals surface area (Å²) >= 11 is 9.99. The summed E-state index contributed by atoms with van der Waals surface area (Å²) in [5, 5.41) is 0.0387. The number of nitrogens with zero attached hydrogens (tertiary/aromatic N) is 1. The van der Waals surface area contributed by atoms with Crippen LogP contribution in [0.15, 0.2) is 41.3 Å². The molecule has 34 heavy (non-hydrogen) atoms. The van der Waals surface area contributed by atoms with E-state index in [4.69, 9.17) is 25.8 Å². The van der Waals surface area contributed by atoms with Crippen LogP contribution in [0.2, 0.25) is 5.02 Å². The van der Waals surface area contributed by atoms with Crippen molar-refractivity contribution in [2.24, 2.45) is 0 Å². The first-order valence-corrected chi connectivity index (χ1v) is 14.7. The number of thioether (sulfide) groups is 2. The topological polar surface area (TPSA) is 82.1 Å². The number of benzene rings is 2. The van der Waals surface area contributed by atoms with Crippen LogP contribution in [-0.2, 0) is 14.8 Å². The minimum atomic E-state index is -3.93. The van der Waals surface area contributed by atoms with Crippen LogP contribution in [0.4, 0.5) is 0 Å². The molecule has 2 aromatic rings. The van der Waals surface area contributed by atoms with Gasteiger partial charge in [-0.05, 0) is 49.7 Å². The summed E-state index contributed by atoms with van der Waals surface area (Å²) in [6, 6.07) is 9.60. The van der Waals surface area contributed by atoms with E-state index in [2.05, 4.69) is 0 Å². The Bertz CT molecular complexity index is 1160. The van der Waals surface area contributed by atoms with Gasteiger partial charge >= 0.3 is 5.97 Å². The zero-order valence-corrected chi connectivity index (χ0v) is 22.2. The van der Waals surface area contributed by atoms with Gasteiger partial charge in [-0.25, -0.2) is 13.2 Å². The van der Waals surface area contributed by atoms with Crippen LogP contribution in [0.25, 0.3) is 0 Å². The van der Waals surface area contributed by atoms with Gasteiger partial charge in [0, 0.05) is 24.6 Å². The molecule has 2 atom stereocenters. The van der Waals surface area contributed by atoms with E-state index in [0.717, 1.165) is 17.1 Å². The normalized spacial score (nSPS) is 22.0. The minimum absolute atomic E-state index is 0.0387. The molecule has 0 N–H and O–H groups in total. The standard InChI is InChI=1S/C23H26ClNO6S3/c1-14-12-25(13-15(2)30-14)34(27,28)21-11-16(4-6-18(21)24)22(26)31-19-7-5-17(10-20(19)29-3)23-32-8-9-33-23/h4-7,10-11,14-15,23H,8-9,12-13H2,1-3H3. The monoisotopic (exact) mass is 543 g/mol. The van der Waals surface area contributed by atoms with Crippen molar-refractivity contribution in [3.8, 4) is 11.5 Å². The van der Waals surface area contributed by atoms with E-state index >= 15 is 0 Å². The van der Waals surface area contributed by atoms with Crippen molar-refractivity contribution < 1.29 is 27.4 Å². The zero-order valence-electron chi connectivity index (χ0n) is 19.0. The van der Waals surface area contributed by atoms with Crippen molar-refractivity contribution in [2.45, 2.75) is 35.5 Å². The highest BCUT2D eigenvalue weighted by Gasteiger charge is 2.34. The first-order chi connectivity index (χ1) is 16.2. The molecule has 2 unspecified atom stereocenters. The number of halogens is 1. The lowest BCUT2D eigenvalue weighted by Crippen LogP contribution is -2.48. The Labute approximate surface area is 213 Å². The number of esters is 1. The lowest BCUT2D eigenvalue weighted by atomic mass is 10.2. The summed E-state index contributed by atoms with van der Waals surface area (Å²) in [6.07, 6.45) is -0.496. The summed E-state index contributed by atoms with van der Waals surface area (Å²) in [4.78, 5) is 12.8. The second kappa shape index (κ2) is 10.7. The highest BCUT2D eigenvalue weighted by atomic mass is 35.5. The van der Waals surface area contributed by atoms with Gasteiger partial charge in [-0.1, -0.05) is 17.7 Å². The summed E-state index contributed by atoms with van der Waals surface area (Å²) < 4.78 is 44.9. The lowest BCUT2D eigenvalue weighted by Gasteiger charge is -2.34. The predicted molar refractivity (Wildman–Crippen MR) is 136 cm³/mol. The third-order valence-electron chi connectivity index (χ3n) is 5.46. The molecule has 7 nitrogen and oxygen atoms in total. The van der Waals surface area contributed by atoms with Gasteiger partial charge in [0.25, 0.3) is 0 Å². The van der Waals surface area contributed by atoms with Gasteiger partial charge in [0.1, 0.15) is 4.90 Å². The molecule has 4 rings (SSSR count). The number of hydrogen-bond acceptors (Lipinski definition) is 8. The minimum Gasteiger partial charge on any atom is -0.493 e. The SMILES string of the molecule is COc1cc(C2SCCS2)ccc1OC(=O)c1ccc(Cl)c(S(=O)(=O)N2CC(C)OC(C)C2)c1. The Kier molecular flexibility index (Phi) is 8.06. The van der Waals surface area contributed by atoms with Gasteiger partial charge in [0.15, 0.2) is 11.5 Å². The molecule has 0 amide bonds. The average Bonchev–Trinajstić information content (AvgIpc) is 3.34. The van der Waals surface area contributed by atoms with Crippen LogP contribution in [0.1, 0.15) is 34.4 Å². The highest BCUT2D eigenvalue weighted by Crippen LogP contribution is 2.47. The van der Waals surface area contributed by atoms with Crippen molar-refractivity contribution in [2.75, 3.05) is 31.7 Å². The van der Waals surface area contributed by atoms with Crippen LogP contribution in [-0.4, -0.2) is 62.6 Å². The fourth-order valence-electron chi connectivity index (χ4n) is 3.92. The van der Waals surface area contributed by atoms with E-state index in [-0.39, 0.29) is 46.5 Å². The Hall–Kier alpha value is -1.43. The molecule has 0 saturated carbocycles. The number of hydrogen-bond donors (Lipinski definition) is 0. The third-order valence-corrected chi connectivity index (χ3v) is 10.9. The van der Waals surface area contributed by atoms with Crippen molar-refractivity contribution in [3.63, 3.8) is 0 Å². The third kappa shape index (κ3) is 5.52. The fraction of sp³-hybridized carbons (Fsp3) is 0.435. The number of rotatable bonds is 6. The van der Waals surface area contributed by atoms with Crippen molar-refractivity contribution in [3.05, 3.63) is 52.5 Å². The van der Waals surface area contributed by atoms with Gasteiger partial charge in [0.2, 0.25) is 10.0 Å².